The molecule has 34 heavy (non-hydrogen) atoms. The summed E-state index contributed by atoms with van der Waals surface area (Å²) in [7, 11) is 1.55. The zero-order valence-electron chi connectivity index (χ0n) is 19.4. The monoisotopic (exact) mass is 479 g/mol. The largest absolute Gasteiger partial charge is 0.493 e. The van der Waals surface area contributed by atoms with Crippen molar-refractivity contribution in [3.8, 4) is 11.5 Å². The summed E-state index contributed by atoms with van der Waals surface area (Å²) in [6.07, 6.45) is 5.12. The summed E-state index contributed by atoms with van der Waals surface area (Å²) in [5.41, 5.74) is 1.99. The number of carbonyl (C=O) groups excluding carboxylic acids is 1. The maximum atomic E-state index is 13.7. The number of para-hydroxylation sites is 1. The van der Waals surface area contributed by atoms with Crippen LogP contribution in [0.5, 0.6) is 11.5 Å². The van der Waals surface area contributed by atoms with E-state index in [0.717, 1.165) is 5.56 Å². The molecule has 0 amide bonds. The molecule has 176 valence electrons. The number of thiazole rings is 1. The number of allylic oxidation sites excluding steroid dienone is 1. The fourth-order valence-corrected chi connectivity index (χ4v) is 4.95. The van der Waals surface area contributed by atoms with E-state index in [9.17, 15) is 9.59 Å². The molecule has 8 nitrogen and oxygen atoms in total. The van der Waals surface area contributed by atoms with Crippen LogP contribution in [0.4, 0.5) is 0 Å². The Balaban J connectivity index is 2.03. The number of benzene rings is 1. The van der Waals surface area contributed by atoms with Crippen molar-refractivity contribution in [3.05, 3.63) is 84.8 Å². The Bertz CT molecular complexity index is 1420. The number of aromatic nitrogens is 2. The Morgan fingerprint density at radius 3 is 2.62 bits per heavy atom. The lowest BCUT2D eigenvalue weighted by Crippen LogP contribution is -2.40. The highest BCUT2D eigenvalue weighted by atomic mass is 32.1. The van der Waals surface area contributed by atoms with Crippen molar-refractivity contribution in [2.45, 2.75) is 26.8 Å². The molecule has 1 aromatic carbocycles. The first-order valence-electron chi connectivity index (χ1n) is 10.9. The molecule has 0 aliphatic carbocycles. The summed E-state index contributed by atoms with van der Waals surface area (Å²) in [6, 6.07) is 8.27. The molecule has 0 spiro atoms. The first-order valence-corrected chi connectivity index (χ1v) is 11.7. The quantitative estimate of drug-likeness (QED) is 0.484. The lowest BCUT2D eigenvalue weighted by atomic mass is 9.94. The van der Waals surface area contributed by atoms with Gasteiger partial charge in [-0.1, -0.05) is 23.5 Å². The second-order valence-electron chi connectivity index (χ2n) is 7.39. The van der Waals surface area contributed by atoms with E-state index in [1.807, 2.05) is 31.2 Å². The van der Waals surface area contributed by atoms with Gasteiger partial charge in [0, 0.05) is 18.0 Å². The molecule has 0 N–H and O–H groups in total. The standard InChI is InChI=1S/C25H25N3O5S/c1-5-32-22-17(8-7-9-18(22)31-4)21-20(24(30)33-6-2)15(3)27-25-28(21)23(29)19(34-25)14-16-10-12-26-13-11-16/h7-14,21H,5-6H2,1-4H3/b19-14+/t21-/m1/s1. The number of rotatable bonds is 7. The average molecular weight is 480 g/mol. The normalized spacial score (nSPS) is 15.5. The van der Waals surface area contributed by atoms with Crippen LogP contribution >= 0.6 is 11.3 Å². The highest BCUT2D eigenvalue weighted by molar-refractivity contribution is 7.07. The second kappa shape index (κ2) is 10.0. The Morgan fingerprint density at radius 1 is 1.18 bits per heavy atom. The molecular formula is C25H25N3O5S. The molecule has 1 aliphatic rings. The van der Waals surface area contributed by atoms with Crippen LogP contribution in [0.1, 0.15) is 37.9 Å². The van der Waals surface area contributed by atoms with Gasteiger partial charge in [0.15, 0.2) is 16.3 Å². The van der Waals surface area contributed by atoms with E-state index in [2.05, 4.69) is 9.98 Å². The van der Waals surface area contributed by atoms with Crippen molar-refractivity contribution in [2.24, 2.45) is 4.99 Å². The topological polar surface area (TPSA) is 92.0 Å². The Morgan fingerprint density at radius 2 is 1.94 bits per heavy atom. The fourth-order valence-electron chi connectivity index (χ4n) is 3.90. The van der Waals surface area contributed by atoms with Crippen LogP contribution in [-0.4, -0.2) is 35.8 Å². The van der Waals surface area contributed by atoms with Crippen molar-refractivity contribution in [2.75, 3.05) is 20.3 Å². The van der Waals surface area contributed by atoms with E-state index in [-0.39, 0.29) is 12.2 Å². The summed E-state index contributed by atoms with van der Waals surface area (Å²) in [5.74, 6) is 0.455. The number of hydrogen-bond acceptors (Lipinski definition) is 8. The molecule has 1 aliphatic heterocycles. The Labute approximate surface area is 200 Å². The molecule has 0 saturated heterocycles. The average Bonchev–Trinajstić information content (AvgIpc) is 3.13. The zero-order valence-corrected chi connectivity index (χ0v) is 20.2. The number of fused-ring (bicyclic) bond motifs is 1. The molecule has 0 bridgehead atoms. The highest BCUT2D eigenvalue weighted by Gasteiger charge is 2.35. The van der Waals surface area contributed by atoms with E-state index in [1.54, 1.807) is 45.5 Å². The number of nitrogens with zero attached hydrogens (tertiary/aromatic N) is 3. The summed E-state index contributed by atoms with van der Waals surface area (Å²) < 4.78 is 18.9. The van der Waals surface area contributed by atoms with Gasteiger partial charge >= 0.3 is 5.97 Å². The van der Waals surface area contributed by atoms with Crippen LogP contribution in [0.2, 0.25) is 0 Å². The minimum atomic E-state index is -0.786. The highest BCUT2D eigenvalue weighted by Crippen LogP contribution is 2.40. The molecule has 0 fully saturated rings. The minimum absolute atomic E-state index is 0.200. The number of esters is 1. The van der Waals surface area contributed by atoms with Crippen LogP contribution in [0, 0.1) is 0 Å². The molecule has 9 heteroatoms. The Hall–Kier alpha value is -3.72. The zero-order chi connectivity index (χ0) is 24.2. The number of carbonyl (C=O) groups is 1. The molecule has 3 aromatic rings. The van der Waals surface area contributed by atoms with Crippen LogP contribution in [-0.2, 0) is 9.53 Å². The first kappa shape index (κ1) is 23.4. The predicted molar refractivity (Wildman–Crippen MR) is 129 cm³/mol. The van der Waals surface area contributed by atoms with Crippen molar-refractivity contribution in [1.29, 1.82) is 0 Å². The number of hydrogen-bond donors (Lipinski definition) is 0. The van der Waals surface area contributed by atoms with E-state index < -0.39 is 12.0 Å². The molecule has 0 radical (unpaired) electrons. The lowest BCUT2D eigenvalue weighted by molar-refractivity contribution is -0.139. The van der Waals surface area contributed by atoms with Crippen molar-refractivity contribution in [1.82, 2.24) is 9.55 Å². The molecule has 3 heterocycles. The van der Waals surface area contributed by atoms with Crippen molar-refractivity contribution >= 4 is 23.4 Å². The maximum Gasteiger partial charge on any atom is 0.338 e. The van der Waals surface area contributed by atoms with E-state index in [4.69, 9.17) is 14.2 Å². The summed E-state index contributed by atoms with van der Waals surface area (Å²) in [6.45, 7) is 5.94. The fraction of sp³-hybridized carbons (Fsp3) is 0.280. The molecule has 1 atom stereocenters. The van der Waals surface area contributed by atoms with E-state index >= 15 is 0 Å². The van der Waals surface area contributed by atoms with Gasteiger partial charge in [0.2, 0.25) is 0 Å². The third-order valence-corrected chi connectivity index (χ3v) is 6.32. The van der Waals surface area contributed by atoms with E-state index in [0.29, 0.717) is 44.3 Å². The van der Waals surface area contributed by atoms with Crippen molar-refractivity contribution < 1.29 is 19.0 Å². The van der Waals surface area contributed by atoms with Gasteiger partial charge in [0.25, 0.3) is 5.56 Å². The van der Waals surface area contributed by atoms with Gasteiger partial charge in [-0.15, -0.1) is 0 Å². The summed E-state index contributed by atoms with van der Waals surface area (Å²) in [4.78, 5) is 35.9. The molecular weight excluding hydrogens is 454 g/mol. The third-order valence-electron chi connectivity index (χ3n) is 5.33. The number of pyridine rings is 1. The maximum absolute atomic E-state index is 13.7. The van der Waals surface area contributed by atoms with Crippen LogP contribution in [0.15, 0.2) is 63.8 Å². The first-order chi connectivity index (χ1) is 16.5. The predicted octanol–water partition coefficient (Wildman–Crippen LogP) is 2.60. The number of ether oxygens (including phenoxy) is 3. The molecule has 2 aromatic heterocycles. The third kappa shape index (κ3) is 4.26. The van der Waals surface area contributed by atoms with Crippen molar-refractivity contribution in [3.63, 3.8) is 0 Å². The van der Waals surface area contributed by atoms with Gasteiger partial charge in [-0.2, -0.15) is 0 Å². The van der Waals surface area contributed by atoms with Gasteiger partial charge in [-0.3, -0.25) is 14.3 Å². The van der Waals surface area contributed by atoms with Gasteiger partial charge in [-0.05, 0) is 50.6 Å². The van der Waals surface area contributed by atoms with Gasteiger partial charge < -0.3 is 14.2 Å². The van der Waals surface area contributed by atoms with Gasteiger partial charge in [0.05, 0.1) is 36.1 Å². The van der Waals surface area contributed by atoms with E-state index in [1.165, 1.54) is 15.9 Å². The van der Waals surface area contributed by atoms with Gasteiger partial charge in [0.1, 0.15) is 6.04 Å². The van der Waals surface area contributed by atoms with Crippen LogP contribution in [0.25, 0.3) is 6.08 Å². The number of methoxy groups -OCH3 is 1. The molecule has 0 saturated carbocycles. The minimum Gasteiger partial charge on any atom is -0.493 e. The molecule has 4 rings (SSSR count). The molecule has 0 unspecified atom stereocenters. The smallest absolute Gasteiger partial charge is 0.338 e. The van der Waals surface area contributed by atoms with Crippen LogP contribution < -0.4 is 24.4 Å². The van der Waals surface area contributed by atoms with Gasteiger partial charge in [-0.25, -0.2) is 9.79 Å². The summed E-state index contributed by atoms with van der Waals surface area (Å²) >= 11 is 1.26. The summed E-state index contributed by atoms with van der Waals surface area (Å²) in [5, 5.41) is 0. The Kier molecular flexibility index (Phi) is 6.93. The SMILES string of the molecule is CCOC(=O)C1=C(C)N=c2s/c(=C/c3ccncc3)c(=O)n2[C@@H]1c1cccc(OC)c1OCC. The van der Waals surface area contributed by atoms with Crippen LogP contribution in [0.3, 0.4) is 0 Å². The second-order valence-corrected chi connectivity index (χ2v) is 8.40. The lowest BCUT2D eigenvalue weighted by Gasteiger charge is -2.26.